The van der Waals surface area contributed by atoms with Crippen LogP contribution in [0.4, 0.5) is 0 Å². The van der Waals surface area contributed by atoms with E-state index < -0.39 is 6.64 Å². The molecule has 4 aromatic rings. The van der Waals surface area contributed by atoms with Gasteiger partial charge in [-0.1, -0.05) is 91.8 Å². The van der Waals surface area contributed by atoms with Crippen molar-refractivity contribution < 1.29 is 0 Å². The van der Waals surface area contributed by atoms with E-state index in [2.05, 4.69) is 91.8 Å². The fourth-order valence-corrected chi connectivity index (χ4v) is 142. The molecule has 5 heteroatoms. The van der Waals surface area contributed by atoms with Crippen molar-refractivity contribution in [1.82, 2.24) is 0 Å². The highest BCUT2D eigenvalue weighted by atomic mass is 33.4. The van der Waals surface area contributed by atoms with Crippen LogP contribution < -0.4 is 10.6 Å². The van der Waals surface area contributed by atoms with Crippen LogP contribution in [-0.4, -0.2) is 0 Å². The Morgan fingerprint density at radius 2 is 0.793 bits per heavy atom. The fraction of sp³-hybridized carbons (Fsp3) is 0.500. The van der Waals surface area contributed by atoms with Crippen molar-refractivity contribution in [3.8, 4) is 0 Å². The Morgan fingerprint density at radius 1 is 0.517 bits per heavy atom. The predicted molar refractivity (Wildman–Crippen MR) is 143 cm³/mol. The number of hydrogen-bond donors (Lipinski definition) is 0. The third-order valence-corrected chi connectivity index (χ3v) is 82.8. The maximum absolute atomic E-state index is 2.50. The molecular formula is C24H34P5+. The molecule has 0 saturated heterocycles. The minimum absolute atomic E-state index is 0.415. The largest absolute Gasteiger partial charge is 0.182 e. The highest BCUT2D eigenvalue weighted by Crippen LogP contribution is 3.42. The zero-order chi connectivity index (χ0) is 20.8. The van der Waals surface area contributed by atoms with E-state index in [-0.39, 0.29) is 0 Å². The number of rotatable bonds is 6. The minimum Gasteiger partial charge on any atom is -0.0614 e. The van der Waals surface area contributed by atoms with Gasteiger partial charge in [0.2, 0.25) is 0 Å². The summed E-state index contributed by atoms with van der Waals surface area (Å²) in [7, 11) is 0. The highest BCUT2D eigenvalue weighted by Gasteiger charge is 2.79. The maximum atomic E-state index is 2.50. The Morgan fingerprint density at radius 3 is 1.00 bits per heavy atom. The molecule has 0 atom stereocenters. The molecular weight excluding hydrogens is 443 g/mol. The Hall–Kier alpha value is 0.0700. The van der Waals surface area contributed by atoms with Gasteiger partial charge < -0.3 is 0 Å². The molecule has 0 radical (unpaired) electrons. The van der Waals surface area contributed by atoms with Gasteiger partial charge in [0.05, 0.1) is 12.7 Å². The van der Waals surface area contributed by atoms with Crippen molar-refractivity contribution in [2.45, 2.75) is 79.1 Å². The molecule has 0 N–H and O–H groups in total. The molecule has 154 valence electrons. The Kier molecular flexibility index (Phi) is 5.08. The van der Waals surface area contributed by atoms with E-state index in [1.54, 1.807) is 22.3 Å². The smallest absolute Gasteiger partial charge is 0.0614 e. The molecule has 29 heavy (non-hydrogen) atoms. The van der Waals surface area contributed by atoms with Gasteiger partial charge >= 0.3 is 0 Å². The van der Waals surface area contributed by atoms with E-state index in [0.717, 1.165) is 0 Å². The highest BCUT2D eigenvalue weighted by molar-refractivity contribution is 9.44. The third kappa shape index (κ3) is 2.70. The maximum Gasteiger partial charge on any atom is 0.182 e. The lowest BCUT2D eigenvalue weighted by Gasteiger charge is -2.37. The van der Waals surface area contributed by atoms with Gasteiger partial charge in [0, 0.05) is 0 Å². The van der Waals surface area contributed by atoms with Crippen LogP contribution in [0.2, 0.25) is 0 Å². The van der Waals surface area contributed by atoms with Gasteiger partial charge in [-0.25, -0.2) is 0 Å². The molecule has 0 fully saturated rings. The standard InChI is InChI=1S/C24H34P5/c1-15(2)19-11-9-12-20(16(3)4)23(19)29(27-25-26(27)28(25)29)24-21(17(5)6)13-10-14-22(24)18(7)8/h9-18H,1-8H3/q+1. The summed E-state index contributed by atoms with van der Waals surface area (Å²) in [5.74, 6) is 2.55. The first-order valence-electron chi connectivity index (χ1n) is 11.1. The van der Waals surface area contributed by atoms with E-state index in [9.17, 15) is 0 Å². The summed E-state index contributed by atoms with van der Waals surface area (Å²) in [4.78, 5) is 0. The van der Waals surface area contributed by atoms with E-state index in [0.29, 0.717) is 49.6 Å². The van der Waals surface area contributed by atoms with Crippen LogP contribution in [0.5, 0.6) is 0 Å². The minimum atomic E-state index is -1.11. The Bertz CT molecular complexity index is 1010. The van der Waals surface area contributed by atoms with Gasteiger partial charge in [-0.2, -0.15) is 0 Å². The molecule has 0 saturated carbocycles. The van der Waals surface area contributed by atoms with Crippen molar-refractivity contribution in [2.75, 3.05) is 0 Å². The van der Waals surface area contributed by atoms with Crippen molar-refractivity contribution in [3.05, 3.63) is 58.7 Å². The average Bonchev–Trinajstić information content (AvgIpc) is 3.50. The predicted octanol–water partition coefficient (Wildman–Crippen LogP) is 10.5. The van der Waals surface area contributed by atoms with Gasteiger partial charge in [-0.15, -0.1) is 0 Å². The van der Waals surface area contributed by atoms with E-state index in [1.165, 1.54) is 0 Å². The molecule has 4 heterocycles. The van der Waals surface area contributed by atoms with Crippen molar-refractivity contribution in [1.29, 1.82) is 0 Å². The Balaban J connectivity index is 1.87. The quantitative estimate of drug-likeness (QED) is 0.213. The van der Waals surface area contributed by atoms with Crippen molar-refractivity contribution in [2.24, 2.45) is 0 Å². The lowest BCUT2D eigenvalue weighted by atomic mass is 9.95. The molecule has 6 rings (SSSR count). The van der Waals surface area contributed by atoms with Crippen LogP contribution in [0.1, 0.15) is 101 Å². The van der Waals surface area contributed by atoms with Gasteiger partial charge in [0.15, 0.2) is 6.64 Å². The van der Waals surface area contributed by atoms with Crippen LogP contribution in [0.3, 0.4) is 0 Å². The molecule has 0 aliphatic carbocycles. The molecule has 2 aliphatic heterocycles. The lowest BCUT2D eigenvalue weighted by molar-refractivity contribution is 0.843. The topological polar surface area (TPSA) is 0 Å². The first-order valence-corrected chi connectivity index (χ1v) is 23.2. The molecule has 0 unspecified atom stereocenters. The molecule has 0 amide bonds. The van der Waals surface area contributed by atoms with Crippen molar-refractivity contribution >= 4 is 43.1 Å². The molecule has 2 aromatic carbocycles. The van der Waals surface area contributed by atoms with Crippen LogP contribution >= 0.6 is 32.5 Å². The molecule has 2 aromatic heterocycles. The molecule has 2 aliphatic rings. The first kappa shape index (κ1) is 20.9. The second kappa shape index (κ2) is 7.04. The van der Waals surface area contributed by atoms with E-state index in [4.69, 9.17) is 0 Å². The number of benzene rings is 2. The van der Waals surface area contributed by atoms with Crippen LogP contribution in [-0.2, 0) is 0 Å². The van der Waals surface area contributed by atoms with Gasteiger partial charge in [0.1, 0.15) is 23.8 Å². The second-order valence-corrected chi connectivity index (χ2v) is 44.4. The summed E-state index contributed by atoms with van der Waals surface area (Å²) in [5, 5.41) is 3.87. The summed E-state index contributed by atoms with van der Waals surface area (Å²) in [6, 6.07) is 14.7. The monoisotopic (exact) mass is 477 g/mol. The van der Waals surface area contributed by atoms with Crippen molar-refractivity contribution in [3.63, 3.8) is 0 Å². The zero-order valence-corrected chi connectivity index (χ0v) is 23.5. The Labute approximate surface area is 180 Å². The summed E-state index contributed by atoms with van der Waals surface area (Å²) in [5.41, 5.74) is 6.85. The zero-order valence-electron chi connectivity index (χ0n) is 19.0. The third-order valence-electron chi connectivity index (χ3n) is 6.57. The van der Waals surface area contributed by atoms with E-state index in [1.807, 2.05) is 10.6 Å². The summed E-state index contributed by atoms with van der Waals surface area (Å²) in [6.07, 6.45) is 1.23. The summed E-state index contributed by atoms with van der Waals surface area (Å²) >= 11 is 0. The van der Waals surface area contributed by atoms with Crippen LogP contribution in [0, 0.1) is 0 Å². The second-order valence-electron chi connectivity index (χ2n) is 9.86. The van der Waals surface area contributed by atoms with Crippen LogP contribution in [0.25, 0.3) is 0 Å². The average molecular weight is 477 g/mol. The SMILES string of the molecule is CC(C)c1cccc(C(C)C)c1[P+]1(c2c(C(C)C)cccc2C(C)C)p2p3p1p23. The molecule has 0 nitrogen and oxygen atoms in total. The number of hydrogen-bond acceptors (Lipinski definition) is 0. The molecule has 2 bridgehead atoms. The summed E-state index contributed by atoms with van der Waals surface area (Å²) < 4.78 is 0. The molecule has 0 spiro atoms. The van der Waals surface area contributed by atoms with Gasteiger partial charge in [-0.3, -0.25) is 0 Å². The fourth-order valence-electron chi connectivity index (χ4n) is 5.01. The normalized spacial score (nSPS) is 18.2. The van der Waals surface area contributed by atoms with Crippen LogP contribution in [0.15, 0.2) is 36.4 Å². The van der Waals surface area contributed by atoms with Gasteiger partial charge in [-0.05, 0) is 45.9 Å². The van der Waals surface area contributed by atoms with E-state index >= 15 is 0 Å². The van der Waals surface area contributed by atoms with Gasteiger partial charge in [0.25, 0.3) is 0 Å². The lowest BCUT2D eigenvalue weighted by Crippen LogP contribution is -2.30. The first-order chi connectivity index (χ1) is 13.7. The summed E-state index contributed by atoms with van der Waals surface area (Å²) in [6.45, 7) is 19.2.